The summed E-state index contributed by atoms with van der Waals surface area (Å²) in [6.07, 6.45) is 0.730. The van der Waals surface area contributed by atoms with Crippen molar-refractivity contribution in [2.24, 2.45) is 12.0 Å². The lowest BCUT2D eigenvalue weighted by molar-refractivity contribution is 0.0976. The van der Waals surface area contributed by atoms with Crippen LogP contribution in [0.15, 0.2) is 47.5 Å². The van der Waals surface area contributed by atoms with Gasteiger partial charge < -0.3 is 10.1 Å². The number of benzene rings is 2. The van der Waals surface area contributed by atoms with E-state index in [0.717, 1.165) is 40.4 Å². The summed E-state index contributed by atoms with van der Waals surface area (Å²) in [5.41, 5.74) is 6.76. The molecule has 2 aromatic carbocycles. The molecule has 32 heavy (non-hydrogen) atoms. The monoisotopic (exact) mass is 433 g/mol. The molecule has 3 rings (SSSR count). The van der Waals surface area contributed by atoms with Crippen LogP contribution >= 0.6 is 0 Å². The molecule has 1 aromatic heterocycles. The highest BCUT2D eigenvalue weighted by molar-refractivity contribution is 6.10. The van der Waals surface area contributed by atoms with E-state index in [1.54, 1.807) is 7.11 Å². The van der Waals surface area contributed by atoms with Crippen molar-refractivity contribution in [1.29, 1.82) is 0 Å². The Hall–Kier alpha value is -3.61. The van der Waals surface area contributed by atoms with Gasteiger partial charge in [-0.2, -0.15) is 5.10 Å². The van der Waals surface area contributed by atoms with Gasteiger partial charge in [0.25, 0.3) is 5.91 Å². The van der Waals surface area contributed by atoms with Gasteiger partial charge in [0.05, 0.1) is 12.8 Å². The van der Waals surface area contributed by atoms with Crippen LogP contribution in [0.1, 0.15) is 38.4 Å². The summed E-state index contributed by atoms with van der Waals surface area (Å²) in [5, 5.41) is 10.6. The van der Waals surface area contributed by atoms with Crippen molar-refractivity contribution in [2.75, 3.05) is 19.0 Å². The highest BCUT2D eigenvalue weighted by Gasteiger charge is 2.12. The van der Waals surface area contributed by atoms with Crippen LogP contribution in [0.5, 0.6) is 5.75 Å². The Kier molecular flexibility index (Phi) is 7.30. The number of hydrogen-bond donors (Lipinski definition) is 2. The lowest BCUT2D eigenvalue weighted by atomic mass is 10.1. The number of carbonyl (C=O) groups is 1. The summed E-state index contributed by atoms with van der Waals surface area (Å²) in [6.45, 7) is 8.52. The minimum Gasteiger partial charge on any atom is -0.497 e. The van der Waals surface area contributed by atoms with Crippen LogP contribution in [0.3, 0.4) is 0 Å². The minimum absolute atomic E-state index is 0.209. The Morgan fingerprint density at radius 2 is 1.81 bits per heavy atom. The van der Waals surface area contributed by atoms with Gasteiger partial charge in [-0.05, 0) is 63.9 Å². The maximum atomic E-state index is 12.9. The van der Waals surface area contributed by atoms with Crippen LogP contribution in [0.2, 0.25) is 0 Å². The van der Waals surface area contributed by atoms with Crippen molar-refractivity contribution < 1.29 is 9.53 Å². The quantitative estimate of drug-likeness (QED) is 0.453. The topological polar surface area (TPSA) is 80.5 Å². The number of rotatable bonds is 6. The normalized spacial score (nSPS) is 11.4. The number of anilines is 1. The number of methoxy groups -OCH3 is 1. The average Bonchev–Trinajstić information content (AvgIpc) is 2.99. The first kappa shape index (κ1) is 23.1. The number of amides is 1. The third-order valence-corrected chi connectivity index (χ3v) is 5.34. The molecule has 0 aliphatic heterocycles. The van der Waals surface area contributed by atoms with E-state index < -0.39 is 0 Å². The van der Waals surface area contributed by atoms with E-state index in [1.165, 1.54) is 5.56 Å². The van der Waals surface area contributed by atoms with Gasteiger partial charge in [-0.1, -0.05) is 23.3 Å². The van der Waals surface area contributed by atoms with E-state index in [-0.39, 0.29) is 5.91 Å². The van der Waals surface area contributed by atoms with E-state index in [2.05, 4.69) is 27.6 Å². The van der Waals surface area contributed by atoms with E-state index in [4.69, 9.17) is 4.74 Å². The Morgan fingerprint density at radius 1 is 1.09 bits per heavy atom. The molecule has 0 fully saturated rings. The standard InChI is InChI=1S/C25H31N5O2/c1-16-12-17(2)14-20(13-16)24(31)28-25(27-21-8-7-9-22(15-21)32-6)26-11-10-23-18(3)29-30(5)19(23)4/h7-9,12-15H,10-11H2,1-6H3,(H2,26,27,28,31). The highest BCUT2D eigenvalue weighted by Crippen LogP contribution is 2.17. The molecule has 0 bridgehead atoms. The Balaban J connectivity index is 1.82. The van der Waals surface area contributed by atoms with Crippen molar-refractivity contribution in [3.63, 3.8) is 0 Å². The number of carbonyl (C=O) groups excluding carboxylic acids is 1. The Bertz CT molecular complexity index is 1130. The molecule has 168 valence electrons. The molecule has 7 heteroatoms. The van der Waals surface area contributed by atoms with Gasteiger partial charge in [0.2, 0.25) is 5.96 Å². The molecular weight excluding hydrogens is 402 g/mol. The molecule has 0 saturated heterocycles. The van der Waals surface area contributed by atoms with E-state index >= 15 is 0 Å². The maximum absolute atomic E-state index is 12.9. The number of nitrogens with one attached hydrogen (secondary N) is 2. The highest BCUT2D eigenvalue weighted by atomic mass is 16.5. The molecule has 0 saturated carbocycles. The molecule has 2 N–H and O–H groups in total. The number of hydrogen-bond acceptors (Lipinski definition) is 4. The summed E-state index contributed by atoms with van der Waals surface area (Å²) in [6, 6.07) is 13.3. The van der Waals surface area contributed by atoms with Gasteiger partial charge >= 0.3 is 0 Å². The largest absolute Gasteiger partial charge is 0.497 e. The third-order valence-electron chi connectivity index (χ3n) is 5.34. The molecule has 0 spiro atoms. The zero-order valence-corrected chi connectivity index (χ0v) is 19.6. The Labute approximate surface area is 189 Å². The lowest BCUT2D eigenvalue weighted by Crippen LogP contribution is -2.36. The number of aliphatic imine (C=N–C) groups is 1. The van der Waals surface area contributed by atoms with Crippen LogP contribution < -0.4 is 15.4 Å². The molecular formula is C25H31N5O2. The smallest absolute Gasteiger partial charge is 0.257 e. The second-order valence-electron chi connectivity index (χ2n) is 7.94. The second-order valence-corrected chi connectivity index (χ2v) is 7.94. The molecule has 0 aliphatic carbocycles. The molecule has 0 unspecified atom stereocenters. The van der Waals surface area contributed by atoms with E-state index in [9.17, 15) is 4.79 Å². The SMILES string of the molecule is COc1cccc(NC(=NCCc2c(C)nn(C)c2C)NC(=O)c2cc(C)cc(C)c2)c1. The van der Waals surface area contributed by atoms with Crippen LogP contribution in [-0.4, -0.2) is 35.3 Å². The fourth-order valence-corrected chi connectivity index (χ4v) is 3.69. The number of ether oxygens (including phenoxy) is 1. The molecule has 7 nitrogen and oxygen atoms in total. The van der Waals surface area contributed by atoms with Crippen molar-refractivity contribution in [3.8, 4) is 5.75 Å². The third kappa shape index (κ3) is 5.75. The molecule has 1 amide bonds. The summed E-state index contributed by atoms with van der Waals surface area (Å²) >= 11 is 0. The van der Waals surface area contributed by atoms with Gasteiger partial charge in [-0.3, -0.25) is 19.8 Å². The number of aryl methyl sites for hydroxylation is 4. The molecule has 0 atom stereocenters. The van der Waals surface area contributed by atoms with Crippen LogP contribution in [0.4, 0.5) is 5.69 Å². The van der Waals surface area contributed by atoms with E-state index in [1.807, 2.05) is 75.0 Å². The summed E-state index contributed by atoms with van der Waals surface area (Å²) in [7, 11) is 3.56. The van der Waals surface area contributed by atoms with Gasteiger partial charge in [0.1, 0.15) is 5.75 Å². The fraction of sp³-hybridized carbons (Fsp3) is 0.320. The maximum Gasteiger partial charge on any atom is 0.257 e. The fourth-order valence-electron chi connectivity index (χ4n) is 3.69. The molecule has 0 aliphatic rings. The second kappa shape index (κ2) is 10.1. The number of nitrogens with zero attached hydrogens (tertiary/aromatic N) is 3. The van der Waals surface area contributed by atoms with Crippen molar-refractivity contribution in [3.05, 3.63) is 76.1 Å². The predicted molar refractivity (Wildman–Crippen MR) is 129 cm³/mol. The summed E-state index contributed by atoms with van der Waals surface area (Å²) in [4.78, 5) is 17.6. The first-order chi connectivity index (χ1) is 15.3. The summed E-state index contributed by atoms with van der Waals surface area (Å²) < 4.78 is 7.18. The first-order valence-corrected chi connectivity index (χ1v) is 10.6. The molecule has 3 aromatic rings. The molecule has 0 radical (unpaired) electrons. The van der Waals surface area contributed by atoms with Crippen LogP contribution in [-0.2, 0) is 13.5 Å². The molecule has 1 heterocycles. The van der Waals surface area contributed by atoms with E-state index in [0.29, 0.717) is 18.1 Å². The Morgan fingerprint density at radius 3 is 2.44 bits per heavy atom. The lowest BCUT2D eigenvalue weighted by Gasteiger charge is -2.13. The number of guanidine groups is 1. The predicted octanol–water partition coefficient (Wildman–Crippen LogP) is 4.10. The minimum atomic E-state index is -0.209. The first-order valence-electron chi connectivity index (χ1n) is 10.6. The van der Waals surface area contributed by atoms with Gasteiger partial charge in [0, 0.05) is 36.6 Å². The zero-order valence-electron chi connectivity index (χ0n) is 19.6. The number of aromatic nitrogens is 2. The van der Waals surface area contributed by atoms with Gasteiger partial charge in [-0.25, -0.2) is 0 Å². The van der Waals surface area contributed by atoms with Crippen molar-refractivity contribution in [2.45, 2.75) is 34.1 Å². The summed E-state index contributed by atoms with van der Waals surface area (Å²) in [5.74, 6) is 0.901. The van der Waals surface area contributed by atoms with Crippen LogP contribution in [0.25, 0.3) is 0 Å². The zero-order chi connectivity index (χ0) is 23.3. The van der Waals surface area contributed by atoms with Crippen LogP contribution in [0, 0.1) is 27.7 Å². The van der Waals surface area contributed by atoms with Crippen molar-refractivity contribution in [1.82, 2.24) is 15.1 Å². The van der Waals surface area contributed by atoms with Gasteiger partial charge in [-0.15, -0.1) is 0 Å². The average molecular weight is 434 g/mol. The van der Waals surface area contributed by atoms with Gasteiger partial charge in [0.15, 0.2) is 0 Å². The van der Waals surface area contributed by atoms with Crippen molar-refractivity contribution >= 4 is 17.6 Å².